The van der Waals surface area contributed by atoms with E-state index in [0.717, 1.165) is 10.4 Å². The molecule has 10 nitrogen and oxygen atoms in total. The van der Waals surface area contributed by atoms with Gasteiger partial charge in [-0.05, 0) is 36.7 Å². The molecule has 0 unspecified atom stereocenters. The van der Waals surface area contributed by atoms with Crippen LogP contribution in [0.1, 0.15) is 40.5 Å². The highest BCUT2D eigenvalue weighted by Gasteiger charge is 2.39. The molecule has 3 rings (SSSR count). The van der Waals surface area contributed by atoms with E-state index in [-0.39, 0.29) is 21.5 Å². The summed E-state index contributed by atoms with van der Waals surface area (Å²) < 4.78 is 43.0. The van der Waals surface area contributed by atoms with E-state index in [0.29, 0.717) is 5.69 Å². The molecule has 3 aromatic rings. The first-order chi connectivity index (χ1) is 14.8. The minimum Gasteiger partial charge on any atom is -0.321 e. The lowest BCUT2D eigenvalue weighted by Gasteiger charge is -2.15. The van der Waals surface area contributed by atoms with Crippen molar-refractivity contribution < 1.29 is 22.8 Å². The van der Waals surface area contributed by atoms with Gasteiger partial charge in [0, 0.05) is 14.1 Å². The van der Waals surface area contributed by atoms with E-state index in [9.17, 15) is 22.8 Å². The van der Waals surface area contributed by atoms with Crippen LogP contribution in [0.3, 0.4) is 0 Å². The van der Waals surface area contributed by atoms with Crippen LogP contribution in [0, 0.1) is 13.8 Å². The second-order valence-corrected chi connectivity index (χ2v) is 7.90. The predicted molar refractivity (Wildman–Crippen MR) is 112 cm³/mol. The van der Waals surface area contributed by atoms with Gasteiger partial charge in [0.1, 0.15) is 11.7 Å². The van der Waals surface area contributed by atoms with Crippen molar-refractivity contribution in [1.29, 1.82) is 0 Å². The summed E-state index contributed by atoms with van der Waals surface area (Å²) in [5, 5.41) is 16.9. The van der Waals surface area contributed by atoms with E-state index < -0.39 is 29.7 Å². The summed E-state index contributed by atoms with van der Waals surface area (Å²) in [5.41, 5.74) is 0.381. The maximum Gasteiger partial charge on any atom is 0.436 e. The number of alkyl halides is 3. The van der Waals surface area contributed by atoms with Crippen molar-refractivity contribution in [2.75, 3.05) is 10.6 Å². The lowest BCUT2D eigenvalue weighted by Crippen LogP contribution is -2.27. The first-order valence-electron chi connectivity index (χ1n) is 9.27. The van der Waals surface area contributed by atoms with Gasteiger partial charge < -0.3 is 10.6 Å². The monoisotopic (exact) mass is 516 g/mol. The van der Waals surface area contributed by atoms with Gasteiger partial charge in [-0.3, -0.25) is 23.6 Å². The third kappa shape index (κ3) is 4.26. The maximum atomic E-state index is 13.1. The lowest BCUT2D eigenvalue weighted by molar-refractivity contribution is -0.142. The molecule has 0 aliphatic carbocycles. The van der Waals surface area contributed by atoms with Crippen molar-refractivity contribution in [3.63, 3.8) is 0 Å². The van der Waals surface area contributed by atoms with Crippen molar-refractivity contribution in [1.82, 2.24) is 29.3 Å². The van der Waals surface area contributed by atoms with Crippen molar-refractivity contribution in [2.45, 2.75) is 33.0 Å². The highest BCUT2D eigenvalue weighted by molar-refractivity contribution is 9.10. The number of carbonyl (C=O) groups excluding carboxylic acids is 2. The Balaban J connectivity index is 1.84. The van der Waals surface area contributed by atoms with E-state index in [4.69, 9.17) is 0 Å². The van der Waals surface area contributed by atoms with Crippen molar-refractivity contribution in [3.05, 3.63) is 39.6 Å². The van der Waals surface area contributed by atoms with Crippen LogP contribution in [0.25, 0.3) is 0 Å². The number of anilines is 2. The van der Waals surface area contributed by atoms with E-state index >= 15 is 0 Å². The molecule has 1 atom stereocenters. The molecule has 0 saturated heterocycles. The Morgan fingerprint density at radius 2 is 1.62 bits per heavy atom. The molecule has 0 aliphatic rings. The topological polar surface area (TPSA) is 112 Å². The van der Waals surface area contributed by atoms with E-state index in [1.54, 1.807) is 18.7 Å². The molecule has 0 bridgehead atoms. The van der Waals surface area contributed by atoms with Gasteiger partial charge in [0.25, 0.3) is 5.91 Å². The molecule has 0 radical (unpaired) electrons. The number of hydrogen-bond acceptors (Lipinski definition) is 5. The summed E-state index contributed by atoms with van der Waals surface area (Å²) in [6.45, 7) is 4.59. The summed E-state index contributed by atoms with van der Waals surface area (Å²) in [5.74, 6) is -1.21. The first kappa shape index (κ1) is 23.5. The van der Waals surface area contributed by atoms with Crippen LogP contribution in [0.5, 0.6) is 0 Å². The number of aromatic nitrogens is 6. The molecule has 14 heteroatoms. The maximum absolute atomic E-state index is 13.1. The number of amides is 2. The zero-order valence-electron chi connectivity index (χ0n) is 17.7. The van der Waals surface area contributed by atoms with Gasteiger partial charge in [-0.2, -0.15) is 28.5 Å². The van der Waals surface area contributed by atoms with Crippen LogP contribution < -0.4 is 10.6 Å². The molecular weight excluding hydrogens is 497 g/mol. The molecule has 0 aliphatic heterocycles. The van der Waals surface area contributed by atoms with Crippen LogP contribution in [-0.2, 0) is 25.1 Å². The minimum absolute atomic E-state index is 0.0585. The Hall–Kier alpha value is -3.16. The molecule has 2 N–H and O–H groups in total. The summed E-state index contributed by atoms with van der Waals surface area (Å²) in [7, 11) is 3.25. The summed E-state index contributed by atoms with van der Waals surface area (Å²) in [4.78, 5) is 25.6. The van der Waals surface area contributed by atoms with Gasteiger partial charge in [0.2, 0.25) is 5.91 Å². The lowest BCUT2D eigenvalue weighted by atomic mass is 10.2. The first-order valence-corrected chi connectivity index (χ1v) is 10.1. The van der Waals surface area contributed by atoms with Gasteiger partial charge in [0.15, 0.2) is 5.69 Å². The average Bonchev–Trinajstić information content (AvgIpc) is 3.33. The number of rotatable bonds is 5. The fraction of sp³-hybridized carbons (Fsp3) is 0.389. The summed E-state index contributed by atoms with van der Waals surface area (Å²) >= 11 is 2.89. The van der Waals surface area contributed by atoms with Crippen LogP contribution in [0.4, 0.5) is 24.5 Å². The molecule has 2 amide bonds. The largest absolute Gasteiger partial charge is 0.436 e. The highest BCUT2D eigenvalue weighted by Crippen LogP contribution is 2.36. The van der Waals surface area contributed by atoms with Crippen molar-refractivity contribution in [3.8, 4) is 0 Å². The molecule has 3 aromatic heterocycles. The number of nitrogens with one attached hydrogen (secondary N) is 2. The molecule has 172 valence electrons. The normalized spacial score (nSPS) is 12.7. The Kier molecular flexibility index (Phi) is 6.18. The van der Waals surface area contributed by atoms with E-state index in [2.05, 4.69) is 41.9 Å². The minimum atomic E-state index is -4.68. The van der Waals surface area contributed by atoms with E-state index in [1.807, 2.05) is 0 Å². The molecule has 32 heavy (non-hydrogen) atoms. The fourth-order valence-electron chi connectivity index (χ4n) is 3.01. The SMILES string of the molecule is Cc1c(NC(=O)c2c(NC(=O)[C@H](C)n3nc(C(F)(F)F)c(Br)c3C)cnn2C)cnn1C. The molecular formula is C18H20BrF3N8O2. The number of nitrogens with zero attached hydrogens (tertiary/aromatic N) is 6. The number of halogens is 4. The van der Waals surface area contributed by atoms with Gasteiger partial charge in [-0.15, -0.1) is 0 Å². The average molecular weight is 517 g/mol. The van der Waals surface area contributed by atoms with Gasteiger partial charge in [-0.25, -0.2) is 0 Å². The zero-order valence-corrected chi connectivity index (χ0v) is 19.3. The summed E-state index contributed by atoms with van der Waals surface area (Å²) in [6, 6.07) is -1.10. The molecule has 0 spiro atoms. The Morgan fingerprint density at radius 1 is 1.03 bits per heavy atom. The smallest absolute Gasteiger partial charge is 0.321 e. The van der Waals surface area contributed by atoms with Crippen molar-refractivity contribution in [2.24, 2.45) is 14.1 Å². The molecule has 0 fully saturated rings. The van der Waals surface area contributed by atoms with Crippen LogP contribution in [-0.4, -0.2) is 41.2 Å². The number of aryl methyl sites for hydroxylation is 2. The van der Waals surface area contributed by atoms with Gasteiger partial charge in [-0.1, -0.05) is 0 Å². The van der Waals surface area contributed by atoms with Crippen LogP contribution in [0.15, 0.2) is 16.9 Å². The molecule has 0 saturated carbocycles. The third-order valence-corrected chi connectivity index (χ3v) is 5.94. The van der Waals surface area contributed by atoms with E-state index in [1.165, 1.54) is 38.0 Å². The second-order valence-electron chi connectivity index (χ2n) is 7.11. The third-order valence-electron chi connectivity index (χ3n) is 4.99. The standard InChI is InChI=1S/C18H20BrF3N8O2/c1-8-11(6-23-28(8)4)25-17(32)14-12(7-24-29(14)5)26-16(31)10(3)30-9(2)13(19)15(27-30)18(20,21)22/h6-7,10H,1-5H3,(H,25,32)(H,26,31)/t10-/m0/s1. The fourth-order valence-corrected chi connectivity index (χ4v) is 3.49. The van der Waals surface area contributed by atoms with Crippen LogP contribution >= 0.6 is 15.9 Å². The number of hydrogen-bond donors (Lipinski definition) is 2. The van der Waals surface area contributed by atoms with Gasteiger partial charge in [0.05, 0.1) is 39.6 Å². The Morgan fingerprint density at radius 3 is 2.16 bits per heavy atom. The Labute approximate surface area is 188 Å². The second kappa shape index (κ2) is 8.41. The quantitative estimate of drug-likeness (QED) is 0.540. The van der Waals surface area contributed by atoms with Crippen molar-refractivity contribution >= 4 is 39.1 Å². The summed E-state index contributed by atoms with van der Waals surface area (Å²) in [6.07, 6.45) is -1.91. The van der Waals surface area contributed by atoms with Gasteiger partial charge >= 0.3 is 6.18 Å². The zero-order chi connectivity index (χ0) is 24.0. The number of carbonyl (C=O) groups is 2. The Bertz CT molecular complexity index is 1190. The predicted octanol–water partition coefficient (Wildman–Crippen LogP) is 3.20. The molecule has 0 aromatic carbocycles. The van der Waals surface area contributed by atoms with Crippen LogP contribution in [0.2, 0.25) is 0 Å². The molecule has 3 heterocycles. The highest BCUT2D eigenvalue weighted by atomic mass is 79.9.